The second-order valence-electron chi connectivity index (χ2n) is 11.3. The van der Waals surface area contributed by atoms with Crippen molar-refractivity contribution in [3.8, 4) is 0 Å². The molecule has 3 aromatic heterocycles. The first-order chi connectivity index (χ1) is 19.2. The summed E-state index contributed by atoms with van der Waals surface area (Å²) in [5.74, 6) is 0.465. The molecule has 0 radical (unpaired) electrons. The van der Waals surface area contributed by atoms with Crippen molar-refractivity contribution in [2.24, 2.45) is 0 Å². The van der Waals surface area contributed by atoms with Crippen LogP contribution in [0.15, 0.2) is 18.2 Å². The van der Waals surface area contributed by atoms with Gasteiger partial charge in [-0.3, -0.25) is 9.78 Å². The van der Waals surface area contributed by atoms with Crippen LogP contribution >= 0.6 is 0 Å². The van der Waals surface area contributed by atoms with E-state index in [0.717, 1.165) is 87.2 Å². The maximum absolute atomic E-state index is 11.4. The largest absolute Gasteiger partial charge is 0.463 e. The van der Waals surface area contributed by atoms with Crippen molar-refractivity contribution in [3.63, 3.8) is 0 Å². The Morgan fingerprint density at radius 2 is 1.45 bits per heavy atom. The van der Waals surface area contributed by atoms with Crippen molar-refractivity contribution in [2.45, 2.75) is 99.5 Å². The summed E-state index contributed by atoms with van der Waals surface area (Å²) < 4.78 is 5.42. The normalized spacial score (nSPS) is 17.0. The van der Waals surface area contributed by atoms with Crippen LogP contribution < -0.4 is 0 Å². The molecule has 6 heteroatoms. The first kappa shape index (κ1) is 27.9. The van der Waals surface area contributed by atoms with Gasteiger partial charge in [-0.25, -0.2) is 4.98 Å². The first-order valence-electron chi connectivity index (χ1n) is 14.7. The molecule has 5 heterocycles. The van der Waals surface area contributed by atoms with Gasteiger partial charge >= 0.3 is 0 Å². The van der Waals surface area contributed by atoms with Gasteiger partial charge in [-0.1, -0.05) is 34.1 Å². The highest BCUT2D eigenvalue weighted by atomic mass is 16.5. The van der Waals surface area contributed by atoms with Crippen molar-refractivity contribution in [1.29, 1.82) is 0 Å². The fourth-order valence-corrected chi connectivity index (χ4v) is 6.63. The zero-order valence-corrected chi connectivity index (χ0v) is 25.2. The molecule has 8 bridgehead atoms. The number of nitrogens with one attached hydrogen (secondary N) is 2. The zero-order chi connectivity index (χ0) is 28.7. The summed E-state index contributed by atoms with van der Waals surface area (Å²) in [5.41, 5.74) is 16.7. The van der Waals surface area contributed by atoms with E-state index in [2.05, 4.69) is 83.6 Å². The quantitative estimate of drug-likeness (QED) is 0.296. The van der Waals surface area contributed by atoms with Gasteiger partial charge in [0.25, 0.3) is 6.47 Å². The molecule has 3 aromatic rings. The van der Waals surface area contributed by atoms with E-state index in [1.165, 1.54) is 22.3 Å². The molecule has 6 nitrogen and oxygen atoms in total. The zero-order valence-electron chi connectivity index (χ0n) is 25.2. The van der Waals surface area contributed by atoms with Crippen molar-refractivity contribution < 1.29 is 9.53 Å². The minimum atomic E-state index is 0.159. The van der Waals surface area contributed by atoms with E-state index in [9.17, 15) is 4.79 Å². The molecule has 0 aromatic carbocycles. The number of rotatable bonds is 7. The number of aryl methyl sites for hydroxylation is 4. The number of hydrogen-bond donors (Lipinski definition) is 2. The van der Waals surface area contributed by atoms with Crippen LogP contribution in [0.2, 0.25) is 0 Å². The lowest BCUT2D eigenvalue weighted by Crippen LogP contribution is -2.07. The molecule has 2 atom stereocenters. The van der Waals surface area contributed by atoms with Crippen molar-refractivity contribution in [1.82, 2.24) is 19.9 Å². The monoisotopic (exact) mass is 538 g/mol. The Labute approximate surface area is 237 Å². The lowest BCUT2D eigenvalue weighted by atomic mass is 9.85. The topological polar surface area (TPSA) is 83.7 Å². The van der Waals surface area contributed by atoms with Gasteiger partial charge in [0.05, 0.1) is 17.1 Å². The average molecular weight is 539 g/mol. The Bertz CT molecular complexity index is 1670. The van der Waals surface area contributed by atoms with Crippen LogP contribution in [0.5, 0.6) is 0 Å². The summed E-state index contributed by atoms with van der Waals surface area (Å²) in [7, 11) is 0. The summed E-state index contributed by atoms with van der Waals surface area (Å²) in [6.07, 6.45) is 3.92. The molecule has 0 aliphatic carbocycles. The first-order valence-corrected chi connectivity index (χ1v) is 14.7. The van der Waals surface area contributed by atoms with E-state index in [1.54, 1.807) is 0 Å². The molecule has 2 N–H and O–H groups in total. The summed E-state index contributed by atoms with van der Waals surface area (Å²) >= 11 is 0. The van der Waals surface area contributed by atoms with Gasteiger partial charge in [-0.15, -0.1) is 0 Å². The van der Waals surface area contributed by atoms with Crippen molar-refractivity contribution >= 4 is 39.7 Å². The number of hydrogen-bond acceptors (Lipinski definition) is 4. The number of aromatic amines is 2. The predicted molar refractivity (Wildman–Crippen MR) is 164 cm³/mol. The van der Waals surface area contributed by atoms with E-state index in [-0.39, 0.29) is 18.4 Å². The van der Waals surface area contributed by atoms with Crippen LogP contribution in [0.4, 0.5) is 0 Å². The Hall–Kier alpha value is -3.67. The molecule has 40 heavy (non-hydrogen) atoms. The number of H-pyrrole nitrogens is 2. The smallest absolute Gasteiger partial charge is 0.293 e. The minimum absolute atomic E-state index is 0.159. The second-order valence-corrected chi connectivity index (χ2v) is 11.3. The van der Waals surface area contributed by atoms with Gasteiger partial charge in [0, 0.05) is 45.2 Å². The van der Waals surface area contributed by atoms with Crippen LogP contribution in [-0.2, 0) is 29.0 Å². The van der Waals surface area contributed by atoms with E-state index >= 15 is 0 Å². The Balaban J connectivity index is 2.00. The van der Waals surface area contributed by atoms with Crippen LogP contribution in [0.1, 0.15) is 117 Å². The molecular weight excluding hydrogens is 496 g/mol. The third-order valence-corrected chi connectivity index (χ3v) is 9.17. The molecule has 210 valence electrons. The summed E-state index contributed by atoms with van der Waals surface area (Å²) in [4.78, 5) is 29.3. The number of aromatic nitrogens is 4. The molecule has 0 spiro atoms. The number of allylic oxidation sites excluding steroid dienone is 2. The highest BCUT2D eigenvalue weighted by molar-refractivity contribution is 5.92. The van der Waals surface area contributed by atoms with E-state index in [4.69, 9.17) is 14.7 Å². The van der Waals surface area contributed by atoms with E-state index in [1.807, 2.05) is 0 Å². The molecule has 0 saturated carbocycles. The van der Waals surface area contributed by atoms with Gasteiger partial charge in [-0.05, 0) is 98.6 Å². The molecule has 2 aliphatic heterocycles. The maximum Gasteiger partial charge on any atom is 0.293 e. The molecule has 0 saturated heterocycles. The Morgan fingerprint density at radius 1 is 0.825 bits per heavy atom. The molecule has 0 amide bonds. The Morgan fingerprint density at radius 3 is 2.05 bits per heavy atom. The maximum atomic E-state index is 11.4. The molecule has 0 fully saturated rings. The number of carbonyl (C=O) groups is 1. The number of fused-ring (bicyclic) bond motifs is 8. The van der Waals surface area contributed by atoms with Crippen LogP contribution in [-0.4, -0.2) is 26.4 Å². The van der Waals surface area contributed by atoms with Crippen LogP contribution in [0, 0.1) is 13.8 Å². The molecule has 5 rings (SSSR count). The minimum Gasteiger partial charge on any atom is -0.463 e. The summed E-state index contributed by atoms with van der Waals surface area (Å²) in [6, 6.07) is 6.68. The number of ether oxygens (including phenoxy) is 1. The standard InChI is InChI=1S/C34H42N4O2/c1-9-12-25-22(8)30-13-28-20(6)23(10-2)32(35-28)15-29-21(7)24(11-3)31(36-29)14-27-18(4)19(5)33(37-27)26(16-40-17-39)34(25)38-30/h13-15,17,22,25,35-36H,9-12,16H2,1-8H3/t22?,25-/m0/s1. The second kappa shape index (κ2) is 11.1. The molecule has 2 aliphatic rings. The fraction of sp³-hybridized carbons (Fsp3) is 0.441. The van der Waals surface area contributed by atoms with Gasteiger partial charge in [0.15, 0.2) is 0 Å². The summed E-state index contributed by atoms with van der Waals surface area (Å²) in [6.45, 7) is 18.2. The number of nitrogens with zero attached hydrogens (tertiary/aromatic N) is 2. The van der Waals surface area contributed by atoms with Crippen LogP contribution in [0.3, 0.4) is 0 Å². The van der Waals surface area contributed by atoms with Gasteiger partial charge in [0.1, 0.15) is 6.61 Å². The predicted octanol–water partition coefficient (Wildman–Crippen LogP) is 8.37. The van der Waals surface area contributed by atoms with Crippen LogP contribution in [0.25, 0.3) is 33.2 Å². The third-order valence-electron chi connectivity index (χ3n) is 9.17. The third kappa shape index (κ3) is 4.57. The molecule has 1 unspecified atom stereocenters. The SMILES string of the molecule is CCC[C@@H]1c2nc(cc3[nH]c(cc4[nH]c(cc5nc(c2COC=O)C(C)=C5C)c(CC)c4C)c(CC)c3C)C1C. The Kier molecular flexibility index (Phi) is 7.72. The fourth-order valence-electron chi connectivity index (χ4n) is 6.63. The van der Waals surface area contributed by atoms with Crippen molar-refractivity contribution in [3.05, 3.63) is 68.8 Å². The highest BCUT2D eigenvalue weighted by Gasteiger charge is 2.32. The van der Waals surface area contributed by atoms with E-state index in [0.29, 0.717) is 6.47 Å². The summed E-state index contributed by atoms with van der Waals surface area (Å²) in [5, 5.41) is 0. The van der Waals surface area contributed by atoms with Gasteiger partial charge in [0.2, 0.25) is 0 Å². The highest BCUT2D eigenvalue weighted by Crippen LogP contribution is 2.43. The lowest BCUT2D eigenvalue weighted by molar-refractivity contribution is -0.129. The average Bonchev–Trinajstić information content (AvgIpc) is 3.60. The van der Waals surface area contributed by atoms with E-state index < -0.39 is 0 Å². The lowest BCUT2D eigenvalue weighted by Gasteiger charge is -2.17. The molecular formula is C34H42N4O2. The van der Waals surface area contributed by atoms with Crippen molar-refractivity contribution in [2.75, 3.05) is 0 Å². The van der Waals surface area contributed by atoms with Gasteiger partial charge in [-0.2, -0.15) is 0 Å². The van der Waals surface area contributed by atoms with Gasteiger partial charge < -0.3 is 14.7 Å². The number of carbonyl (C=O) groups excluding carboxylic acids is 1.